The van der Waals surface area contributed by atoms with E-state index in [4.69, 9.17) is 5.73 Å². The predicted molar refractivity (Wildman–Crippen MR) is 72.8 cm³/mol. The third-order valence-electron chi connectivity index (χ3n) is 2.64. The minimum absolute atomic E-state index is 0.121. The zero-order valence-electron chi connectivity index (χ0n) is 10.8. The van der Waals surface area contributed by atoms with E-state index < -0.39 is 15.8 Å². The summed E-state index contributed by atoms with van der Waals surface area (Å²) in [6.45, 7) is 2.09. The van der Waals surface area contributed by atoms with E-state index in [9.17, 15) is 12.8 Å². The van der Waals surface area contributed by atoms with E-state index in [1.807, 2.05) is 0 Å². The Morgan fingerprint density at radius 1 is 1.50 bits per heavy atom. The summed E-state index contributed by atoms with van der Waals surface area (Å²) in [7, 11) is -3.79. The Bertz CT molecular complexity index is 685. The summed E-state index contributed by atoms with van der Waals surface area (Å²) < 4.78 is 41.4. The Morgan fingerprint density at radius 2 is 2.25 bits per heavy atom. The van der Waals surface area contributed by atoms with Gasteiger partial charge < -0.3 is 5.73 Å². The van der Waals surface area contributed by atoms with Crippen LogP contribution < -0.4 is 10.5 Å². The van der Waals surface area contributed by atoms with Crippen LogP contribution in [0.25, 0.3) is 0 Å². The molecule has 6 nitrogen and oxygen atoms in total. The van der Waals surface area contributed by atoms with Crippen molar-refractivity contribution in [1.82, 2.24) is 14.5 Å². The van der Waals surface area contributed by atoms with Crippen molar-refractivity contribution in [1.29, 1.82) is 0 Å². The molecular weight excluding hydrogens is 283 g/mol. The number of aromatic nitrogens is 2. The van der Waals surface area contributed by atoms with E-state index in [0.29, 0.717) is 6.54 Å². The van der Waals surface area contributed by atoms with Gasteiger partial charge in [0.2, 0.25) is 10.0 Å². The molecule has 3 N–H and O–H groups in total. The molecule has 2 rings (SSSR count). The number of nitrogens with zero attached hydrogens (tertiary/aromatic N) is 2. The van der Waals surface area contributed by atoms with Crippen molar-refractivity contribution in [2.45, 2.75) is 24.4 Å². The lowest BCUT2D eigenvalue weighted by Crippen LogP contribution is -2.36. The first-order valence-electron chi connectivity index (χ1n) is 5.93. The van der Waals surface area contributed by atoms with Crippen LogP contribution in [0.4, 0.5) is 10.1 Å². The molecule has 20 heavy (non-hydrogen) atoms. The monoisotopic (exact) mass is 298 g/mol. The number of nitrogens with two attached hydrogens (primary N) is 1. The van der Waals surface area contributed by atoms with E-state index in [0.717, 1.165) is 18.2 Å². The third kappa shape index (κ3) is 3.34. The number of halogens is 1. The topological polar surface area (TPSA) is 90.0 Å². The number of nitrogen functional groups attached to an aromatic ring is 1. The summed E-state index contributed by atoms with van der Waals surface area (Å²) in [5.41, 5.74) is 5.42. The van der Waals surface area contributed by atoms with Gasteiger partial charge in [0.25, 0.3) is 0 Å². The van der Waals surface area contributed by atoms with Crippen LogP contribution in [0.1, 0.15) is 6.92 Å². The van der Waals surface area contributed by atoms with Crippen LogP contribution in [-0.4, -0.2) is 24.2 Å². The maximum atomic E-state index is 12.9. The number of sulfonamides is 1. The van der Waals surface area contributed by atoms with E-state index in [1.54, 1.807) is 30.1 Å². The molecule has 0 amide bonds. The first-order valence-corrected chi connectivity index (χ1v) is 7.41. The van der Waals surface area contributed by atoms with Gasteiger partial charge in [-0.1, -0.05) is 0 Å². The first-order chi connectivity index (χ1) is 9.38. The average Bonchev–Trinajstić information content (AvgIpc) is 2.79. The molecule has 0 saturated carbocycles. The van der Waals surface area contributed by atoms with Gasteiger partial charge in [0.15, 0.2) is 0 Å². The fraction of sp³-hybridized carbons (Fsp3) is 0.250. The summed E-state index contributed by atoms with van der Waals surface area (Å²) in [6.07, 6.45) is 3.34. The molecule has 0 bridgehead atoms. The molecule has 0 radical (unpaired) electrons. The number of anilines is 1. The predicted octanol–water partition coefficient (Wildman–Crippen LogP) is 0.971. The minimum Gasteiger partial charge on any atom is -0.398 e. The second kappa shape index (κ2) is 5.59. The SMILES string of the molecule is CC(Cn1cccn1)NS(=O)(=O)c1ccc(F)cc1N. The smallest absolute Gasteiger partial charge is 0.242 e. The Hall–Kier alpha value is -1.93. The van der Waals surface area contributed by atoms with Gasteiger partial charge in [-0.2, -0.15) is 5.10 Å². The second-order valence-corrected chi connectivity index (χ2v) is 6.11. The van der Waals surface area contributed by atoms with Crippen LogP contribution in [0.3, 0.4) is 0 Å². The highest BCUT2D eigenvalue weighted by Gasteiger charge is 2.20. The highest BCUT2D eigenvalue weighted by molar-refractivity contribution is 7.89. The molecule has 2 aromatic rings. The minimum atomic E-state index is -3.79. The van der Waals surface area contributed by atoms with Gasteiger partial charge in [-0.25, -0.2) is 17.5 Å². The molecular formula is C12H15FN4O2S. The maximum absolute atomic E-state index is 12.9. The normalized spacial score (nSPS) is 13.3. The molecule has 108 valence electrons. The number of rotatable bonds is 5. The zero-order valence-corrected chi connectivity index (χ0v) is 11.6. The van der Waals surface area contributed by atoms with Crippen molar-refractivity contribution in [3.63, 3.8) is 0 Å². The van der Waals surface area contributed by atoms with Crippen LogP contribution in [0.2, 0.25) is 0 Å². The molecule has 0 aliphatic carbocycles. The van der Waals surface area contributed by atoms with Crippen LogP contribution in [-0.2, 0) is 16.6 Å². The van der Waals surface area contributed by atoms with Crippen molar-refractivity contribution in [2.75, 3.05) is 5.73 Å². The van der Waals surface area contributed by atoms with Crippen molar-refractivity contribution < 1.29 is 12.8 Å². The Morgan fingerprint density at radius 3 is 2.85 bits per heavy atom. The lowest BCUT2D eigenvalue weighted by Gasteiger charge is -2.15. The fourth-order valence-electron chi connectivity index (χ4n) is 1.82. The van der Waals surface area contributed by atoms with Crippen LogP contribution in [0.5, 0.6) is 0 Å². The largest absolute Gasteiger partial charge is 0.398 e. The third-order valence-corrected chi connectivity index (χ3v) is 4.30. The highest BCUT2D eigenvalue weighted by Crippen LogP contribution is 2.19. The lowest BCUT2D eigenvalue weighted by molar-refractivity contribution is 0.494. The highest BCUT2D eigenvalue weighted by atomic mass is 32.2. The maximum Gasteiger partial charge on any atom is 0.242 e. The molecule has 0 fully saturated rings. The van der Waals surface area contributed by atoms with E-state index in [1.165, 1.54) is 0 Å². The number of hydrogen-bond donors (Lipinski definition) is 2. The molecule has 0 aliphatic heterocycles. The van der Waals surface area contributed by atoms with Crippen molar-refractivity contribution in [3.05, 3.63) is 42.5 Å². The quantitative estimate of drug-likeness (QED) is 0.805. The summed E-state index contributed by atoms with van der Waals surface area (Å²) in [4.78, 5) is -0.133. The summed E-state index contributed by atoms with van der Waals surface area (Å²) in [5, 5.41) is 4.00. The van der Waals surface area contributed by atoms with Gasteiger partial charge in [-0.05, 0) is 31.2 Å². The molecule has 1 heterocycles. The molecule has 0 aliphatic rings. The van der Waals surface area contributed by atoms with E-state index in [-0.39, 0.29) is 16.6 Å². The fourth-order valence-corrected chi connectivity index (χ4v) is 3.17. The van der Waals surface area contributed by atoms with Gasteiger partial charge in [0, 0.05) is 18.4 Å². The van der Waals surface area contributed by atoms with Gasteiger partial charge in [-0.15, -0.1) is 0 Å². The average molecular weight is 298 g/mol. The molecule has 1 unspecified atom stereocenters. The van der Waals surface area contributed by atoms with Crippen LogP contribution in [0.15, 0.2) is 41.6 Å². The van der Waals surface area contributed by atoms with Crippen LogP contribution in [0, 0.1) is 5.82 Å². The van der Waals surface area contributed by atoms with Gasteiger partial charge in [-0.3, -0.25) is 4.68 Å². The molecule has 0 spiro atoms. The molecule has 1 aromatic heterocycles. The summed E-state index contributed by atoms with van der Waals surface area (Å²) >= 11 is 0. The second-order valence-electron chi connectivity index (χ2n) is 4.43. The van der Waals surface area contributed by atoms with Crippen molar-refractivity contribution in [2.24, 2.45) is 0 Å². The van der Waals surface area contributed by atoms with Gasteiger partial charge >= 0.3 is 0 Å². The summed E-state index contributed by atoms with van der Waals surface area (Å²) in [5.74, 6) is -0.578. The van der Waals surface area contributed by atoms with Crippen molar-refractivity contribution >= 4 is 15.7 Å². The Labute approximate surface area is 116 Å². The molecule has 8 heteroatoms. The number of benzene rings is 1. The van der Waals surface area contributed by atoms with Crippen molar-refractivity contribution in [3.8, 4) is 0 Å². The van der Waals surface area contributed by atoms with Gasteiger partial charge in [0.1, 0.15) is 10.7 Å². The zero-order chi connectivity index (χ0) is 14.8. The Kier molecular flexibility index (Phi) is 4.05. The Balaban J connectivity index is 2.14. The lowest BCUT2D eigenvalue weighted by atomic mass is 10.3. The molecule has 0 saturated heterocycles. The molecule has 1 aromatic carbocycles. The number of hydrogen-bond acceptors (Lipinski definition) is 4. The first kappa shape index (κ1) is 14.5. The van der Waals surface area contributed by atoms with E-state index in [2.05, 4.69) is 9.82 Å². The van der Waals surface area contributed by atoms with E-state index >= 15 is 0 Å². The molecule has 1 atom stereocenters. The van der Waals surface area contributed by atoms with Crippen LogP contribution >= 0.6 is 0 Å². The summed E-state index contributed by atoms with van der Waals surface area (Å²) in [6, 6.07) is 4.55. The standard InChI is InChI=1S/C12H15FN4O2S/c1-9(8-17-6-2-5-15-17)16-20(18,19)12-4-3-10(13)7-11(12)14/h2-7,9,16H,8,14H2,1H3. The number of nitrogens with one attached hydrogen (secondary N) is 1. The van der Waals surface area contributed by atoms with Gasteiger partial charge in [0.05, 0.1) is 12.2 Å².